The van der Waals surface area contributed by atoms with Gasteiger partial charge in [0.2, 0.25) is 0 Å². The third-order valence-electron chi connectivity index (χ3n) is 2.97. The third kappa shape index (κ3) is 2.75. The topological polar surface area (TPSA) is 42.1 Å². The minimum absolute atomic E-state index is 0.138. The standard InChI is InChI=1S/C14H16BrNO2/c1-3-18-14(17)7-5-11-9(2)16-13-6-4-10(15)8-12(11)13/h4,6,8,16H,3,5,7H2,1-2H3. The number of esters is 1. The van der Waals surface area contributed by atoms with Crippen LogP contribution in [0.4, 0.5) is 0 Å². The smallest absolute Gasteiger partial charge is 0.306 e. The molecule has 3 nitrogen and oxygen atoms in total. The van der Waals surface area contributed by atoms with Gasteiger partial charge in [0.05, 0.1) is 6.61 Å². The first kappa shape index (κ1) is 13.1. The molecular weight excluding hydrogens is 294 g/mol. The first-order chi connectivity index (χ1) is 8.61. The molecule has 1 aromatic carbocycles. The quantitative estimate of drug-likeness (QED) is 0.874. The molecule has 0 radical (unpaired) electrons. The molecule has 1 N–H and O–H groups in total. The highest BCUT2D eigenvalue weighted by atomic mass is 79.9. The van der Waals surface area contributed by atoms with Crippen LogP contribution in [0.3, 0.4) is 0 Å². The van der Waals surface area contributed by atoms with Gasteiger partial charge in [0, 0.05) is 27.5 Å². The first-order valence-electron chi connectivity index (χ1n) is 6.04. The molecule has 0 unspecified atom stereocenters. The summed E-state index contributed by atoms with van der Waals surface area (Å²) >= 11 is 3.48. The molecule has 0 atom stereocenters. The Kier molecular flexibility index (Phi) is 4.07. The van der Waals surface area contributed by atoms with Crippen molar-refractivity contribution in [3.63, 3.8) is 0 Å². The van der Waals surface area contributed by atoms with E-state index in [1.165, 1.54) is 10.9 Å². The van der Waals surface area contributed by atoms with Crippen LogP contribution >= 0.6 is 15.9 Å². The normalized spacial score (nSPS) is 10.8. The number of carbonyl (C=O) groups is 1. The van der Waals surface area contributed by atoms with Crippen LogP contribution in [0, 0.1) is 6.92 Å². The van der Waals surface area contributed by atoms with Crippen molar-refractivity contribution in [3.8, 4) is 0 Å². The zero-order valence-electron chi connectivity index (χ0n) is 10.5. The molecular formula is C14H16BrNO2. The van der Waals surface area contributed by atoms with Crippen LogP contribution in [0.25, 0.3) is 10.9 Å². The minimum Gasteiger partial charge on any atom is -0.466 e. The van der Waals surface area contributed by atoms with Gasteiger partial charge in [-0.05, 0) is 44.0 Å². The molecule has 0 aliphatic carbocycles. The van der Waals surface area contributed by atoms with Gasteiger partial charge in [-0.15, -0.1) is 0 Å². The fraction of sp³-hybridized carbons (Fsp3) is 0.357. The van der Waals surface area contributed by atoms with Crippen molar-refractivity contribution >= 4 is 32.8 Å². The van der Waals surface area contributed by atoms with Crippen molar-refractivity contribution in [3.05, 3.63) is 33.9 Å². The highest BCUT2D eigenvalue weighted by molar-refractivity contribution is 9.10. The number of hydrogen-bond donors (Lipinski definition) is 1. The van der Waals surface area contributed by atoms with E-state index in [1.807, 2.05) is 26.0 Å². The Morgan fingerprint density at radius 1 is 1.44 bits per heavy atom. The summed E-state index contributed by atoms with van der Waals surface area (Å²) < 4.78 is 6.01. The van der Waals surface area contributed by atoms with Gasteiger partial charge in [-0.2, -0.15) is 0 Å². The molecule has 1 heterocycles. The van der Waals surface area contributed by atoms with E-state index < -0.39 is 0 Å². The number of carbonyl (C=O) groups excluding carboxylic acids is 1. The number of aromatic nitrogens is 1. The number of H-pyrrole nitrogens is 1. The maximum atomic E-state index is 11.4. The van der Waals surface area contributed by atoms with Crippen LogP contribution in [0.1, 0.15) is 24.6 Å². The summed E-state index contributed by atoms with van der Waals surface area (Å²) in [5.74, 6) is -0.138. The zero-order chi connectivity index (χ0) is 13.1. The van der Waals surface area contributed by atoms with Crippen molar-refractivity contribution in [1.82, 2.24) is 4.98 Å². The molecule has 2 aromatic rings. The van der Waals surface area contributed by atoms with Crippen molar-refractivity contribution in [2.75, 3.05) is 6.61 Å². The second-order valence-corrected chi connectivity index (χ2v) is 5.14. The molecule has 0 aliphatic heterocycles. The van der Waals surface area contributed by atoms with E-state index in [-0.39, 0.29) is 5.97 Å². The second-order valence-electron chi connectivity index (χ2n) is 4.22. The zero-order valence-corrected chi connectivity index (χ0v) is 12.1. The Morgan fingerprint density at radius 3 is 2.94 bits per heavy atom. The van der Waals surface area contributed by atoms with Gasteiger partial charge >= 0.3 is 5.97 Å². The fourth-order valence-corrected chi connectivity index (χ4v) is 2.50. The lowest BCUT2D eigenvalue weighted by Gasteiger charge is -2.02. The van der Waals surface area contributed by atoms with Crippen LogP contribution in [-0.4, -0.2) is 17.6 Å². The summed E-state index contributed by atoms with van der Waals surface area (Å²) in [4.78, 5) is 14.7. The summed E-state index contributed by atoms with van der Waals surface area (Å²) in [5.41, 5.74) is 3.42. The highest BCUT2D eigenvalue weighted by Crippen LogP contribution is 2.26. The van der Waals surface area contributed by atoms with E-state index >= 15 is 0 Å². The Hall–Kier alpha value is -1.29. The molecule has 0 bridgehead atoms. The maximum absolute atomic E-state index is 11.4. The van der Waals surface area contributed by atoms with Crippen molar-refractivity contribution < 1.29 is 9.53 Å². The monoisotopic (exact) mass is 309 g/mol. The van der Waals surface area contributed by atoms with E-state index in [2.05, 4.69) is 27.0 Å². The molecule has 1 aromatic heterocycles. The number of halogens is 1. The second kappa shape index (κ2) is 5.57. The van der Waals surface area contributed by atoms with Gasteiger partial charge in [0.25, 0.3) is 0 Å². The summed E-state index contributed by atoms with van der Waals surface area (Å²) in [7, 11) is 0. The molecule has 96 valence electrons. The van der Waals surface area contributed by atoms with Gasteiger partial charge in [-0.25, -0.2) is 0 Å². The molecule has 0 fully saturated rings. The average molecular weight is 310 g/mol. The highest BCUT2D eigenvalue weighted by Gasteiger charge is 2.11. The molecule has 0 saturated carbocycles. The molecule has 0 amide bonds. The molecule has 0 aliphatic rings. The van der Waals surface area contributed by atoms with E-state index in [0.29, 0.717) is 19.4 Å². The van der Waals surface area contributed by atoms with Gasteiger partial charge in [-0.1, -0.05) is 15.9 Å². The molecule has 2 rings (SSSR count). The van der Waals surface area contributed by atoms with E-state index in [0.717, 1.165) is 15.7 Å². The average Bonchev–Trinajstić information content (AvgIpc) is 2.62. The number of aromatic amines is 1. The lowest BCUT2D eigenvalue weighted by Crippen LogP contribution is -2.05. The summed E-state index contributed by atoms with van der Waals surface area (Å²) in [5, 5.41) is 1.17. The van der Waals surface area contributed by atoms with Gasteiger partial charge in [0.15, 0.2) is 0 Å². The van der Waals surface area contributed by atoms with Crippen LogP contribution in [-0.2, 0) is 16.0 Å². The molecule has 4 heteroatoms. The van der Waals surface area contributed by atoms with Crippen molar-refractivity contribution in [2.24, 2.45) is 0 Å². The van der Waals surface area contributed by atoms with Crippen molar-refractivity contribution in [1.29, 1.82) is 0 Å². The number of aryl methyl sites for hydroxylation is 2. The summed E-state index contributed by atoms with van der Waals surface area (Å²) in [6.45, 7) is 4.30. The number of rotatable bonds is 4. The predicted octanol–water partition coefficient (Wildman–Crippen LogP) is 3.73. The lowest BCUT2D eigenvalue weighted by molar-refractivity contribution is -0.143. The van der Waals surface area contributed by atoms with Crippen molar-refractivity contribution in [2.45, 2.75) is 26.7 Å². The predicted molar refractivity (Wildman–Crippen MR) is 75.7 cm³/mol. The van der Waals surface area contributed by atoms with Gasteiger partial charge in [-0.3, -0.25) is 4.79 Å². The van der Waals surface area contributed by atoms with Gasteiger partial charge < -0.3 is 9.72 Å². The van der Waals surface area contributed by atoms with Crippen LogP contribution in [0.5, 0.6) is 0 Å². The largest absolute Gasteiger partial charge is 0.466 e. The Bertz CT molecular complexity index is 574. The number of nitrogens with one attached hydrogen (secondary N) is 1. The summed E-state index contributed by atoms with van der Waals surface area (Å²) in [6.07, 6.45) is 1.13. The number of benzene rings is 1. The summed E-state index contributed by atoms with van der Waals surface area (Å²) in [6, 6.07) is 6.13. The Labute approximate surface area is 115 Å². The Balaban J connectivity index is 2.24. The van der Waals surface area contributed by atoms with Crippen LogP contribution in [0.15, 0.2) is 22.7 Å². The van der Waals surface area contributed by atoms with E-state index in [1.54, 1.807) is 0 Å². The molecule has 18 heavy (non-hydrogen) atoms. The fourth-order valence-electron chi connectivity index (χ4n) is 2.14. The van der Waals surface area contributed by atoms with E-state index in [9.17, 15) is 4.79 Å². The SMILES string of the molecule is CCOC(=O)CCc1c(C)[nH]c2ccc(Br)cc12. The molecule has 0 spiro atoms. The first-order valence-corrected chi connectivity index (χ1v) is 6.83. The molecule has 0 saturated heterocycles. The Morgan fingerprint density at radius 2 is 2.22 bits per heavy atom. The number of ether oxygens (including phenoxy) is 1. The van der Waals surface area contributed by atoms with E-state index in [4.69, 9.17) is 4.74 Å². The maximum Gasteiger partial charge on any atom is 0.306 e. The number of hydrogen-bond acceptors (Lipinski definition) is 2. The number of fused-ring (bicyclic) bond motifs is 1. The minimum atomic E-state index is -0.138. The van der Waals surface area contributed by atoms with Crippen LogP contribution < -0.4 is 0 Å². The third-order valence-corrected chi connectivity index (χ3v) is 3.46. The van der Waals surface area contributed by atoms with Gasteiger partial charge in [0.1, 0.15) is 0 Å². The lowest BCUT2D eigenvalue weighted by atomic mass is 10.1. The van der Waals surface area contributed by atoms with Crippen LogP contribution in [0.2, 0.25) is 0 Å².